The Morgan fingerprint density at radius 1 is 1.21 bits per heavy atom. The van der Waals surface area contributed by atoms with Crippen molar-refractivity contribution in [2.75, 3.05) is 18.1 Å². The highest BCUT2D eigenvalue weighted by atomic mass is 32.2. The summed E-state index contributed by atoms with van der Waals surface area (Å²) in [6.45, 7) is 3.13. The Kier molecular flexibility index (Phi) is 4.37. The van der Waals surface area contributed by atoms with Crippen LogP contribution in [0.2, 0.25) is 0 Å². The fourth-order valence-corrected chi connectivity index (χ4v) is 4.96. The van der Waals surface area contributed by atoms with E-state index in [0.29, 0.717) is 18.0 Å². The number of amides is 1. The van der Waals surface area contributed by atoms with E-state index in [1.165, 1.54) is 32.1 Å². The van der Waals surface area contributed by atoms with Gasteiger partial charge in [-0.25, -0.2) is 0 Å². The normalized spacial score (nSPS) is 39.7. The van der Waals surface area contributed by atoms with Gasteiger partial charge in [0.25, 0.3) is 0 Å². The van der Waals surface area contributed by atoms with Crippen LogP contribution in [0.25, 0.3) is 0 Å². The van der Waals surface area contributed by atoms with E-state index in [0.717, 1.165) is 30.4 Å². The van der Waals surface area contributed by atoms with Gasteiger partial charge < -0.3 is 10.2 Å². The molecule has 4 heteroatoms. The van der Waals surface area contributed by atoms with Gasteiger partial charge in [0.2, 0.25) is 5.91 Å². The van der Waals surface area contributed by atoms with Crippen molar-refractivity contribution in [3.63, 3.8) is 0 Å². The summed E-state index contributed by atoms with van der Waals surface area (Å²) in [5, 5.41) is 3.67. The first-order valence-electron chi connectivity index (χ1n) is 7.90. The smallest absolute Gasteiger partial charge is 0.240 e. The van der Waals surface area contributed by atoms with Crippen molar-refractivity contribution in [3.8, 4) is 0 Å². The molecule has 3 rings (SSSR count). The summed E-state index contributed by atoms with van der Waals surface area (Å²) in [6.07, 6.45) is 7.68. The van der Waals surface area contributed by atoms with Gasteiger partial charge in [0.05, 0.1) is 6.04 Å². The molecule has 108 valence electrons. The van der Waals surface area contributed by atoms with Gasteiger partial charge in [-0.2, -0.15) is 11.8 Å². The van der Waals surface area contributed by atoms with Gasteiger partial charge >= 0.3 is 0 Å². The molecule has 0 radical (unpaired) electrons. The highest BCUT2D eigenvalue weighted by molar-refractivity contribution is 7.99. The number of rotatable bonds is 1. The van der Waals surface area contributed by atoms with Gasteiger partial charge in [-0.1, -0.05) is 12.8 Å². The Bertz CT molecular complexity index is 336. The molecule has 0 bridgehead atoms. The molecule has 2 aliphatic heterocycles. The predicted octanol–water partition coefficient (Wildman–Crippen LogP) is 2.26. The minimum atomic E-state index is 0.102. The molecule has 3 nitrogen and oxygen atoms in total. The van der Waals surface area contributed by atoms with Gasteiger partial charge in [-0.3, -0.25) is 4.79 Å². The van der Waals surface area contributed by atoms with E-state index in [1.54, 1.807) is 0 Å². The second-order valence-corrected chi connectivity index (χ2v) is 7.55. The quantitative estimate of drug-likeness (QED) is 0.801. The van der Waals surface area contributed by atoms with Crippen LogP contribution in [0.15, 0.2) is 0 Å². The highest BCUT2D eigenvalue weighted by Crippen LogP contribution is 2.33. The van der Waals surface area contributed by atoms with Crippen molar-refractivity contribution in [2.24, 2.45) is 5.92 Å². The van der Waals surface area contributed by atoms with Crippen molar-refractivity contribution in [3.05, 3.63) is 0 Å². The van der Waals surface area contributed by atoms with Crippen LogP contribution in [-0.2, 0) is 4.79 Å². The Hall–Kier alpha value is -0.220. The maximum Gasteiger partial charge on any atom is 0.240 e. The third-order valence-electron chi connectivity index (χ3n) is 5.10. The minimum Gasteiger partial charge on any atom is -0.337 e. The first-order valence-corrected chi connectivity index (χ1v) is 9.05. The number of nitrogens with zero attached hydrogens (tertiary/aromatic N) is 1. The summed E-state index contributed by atoms with van der Waals surface area (Å²) in [5.74, 6) is 3.42. The van der Waals surface area contributed by atoms with Crippen LogP contribution in [-0.4, -0.2) is 47.0 Å². The lowest BCUT2D eigenvalue weighted by Gasteiger charge is -2.43. The molecule has 3 fully saturated rings. The summed E-state index contributed by atoms with van der Waals surface area (Å²) in [6, 6.07) is 1.13. The summed E-state index contributed by atoms with van der Waals surface area (Å²) in [7, 11) is 0. The van der Waals surface area contributed by atoms with Crippen LogP contribution in [0, 0.1) is 5.92 Å². The fraction of sp³-hybridized carbons (Fsp3) is 0.933. The van der Waals surface area contributed by atoms with Crippen molar-refractivity contribution < 1.29 is 4.79 Å². The van der Waals surface area contributed by atoms with Gasteiger partial charge in [0.15, 0.2) is 0 Å². The average Bonchev–Trinajstić information content (AvgIpc) is 2.46. The number of fused-ring (bicyclic) bond motifs is 1. The fourth-order valence-electron chi connectivity index (χ4n) is 3.94. The van der Waals surface area contributed by atoms with Crippen molar-refractivity contribution >= 4 is 17.7 Å². The molecule has 19 heavy (non-hydrogen) atoms. The van der Waals surface area contributed by atoms with E-state index >= 15 is 0 Å². The Morgan fingerprint density at radius 2 is 2.05 bits per heavy atom. The zero-order valence-corrected chi connectivity index (χ0v) is 12.8. The van der Waals surface area contributed by atoms with E-state index in [2.05, 4.69) is 17.1 Å². The molecule has 2 heterocycles. The third kappa shape index (κ3) is 2.94. The molecule has 2 saturated heterocycles. The molecule has 1 saturated carbocycles. The lowest BCUT2D eigenvalue weighted by atomic mass is 9.77. The van der Waals surface area contributed by atoms with E-state index < -0.39 is 0 Å². The van der Waals surface area contributed by atoms with Crippen LogP contribution in [0.1, 0.15) is 45.4 Å². The number of nitrogens with one attached hydrogen (secondary N) is 1. The molecular weight excluding hydrogens is 256 g/mol. The number of carbonyl (C=O) groups is 1. The summed E-state index contributed by atoms with van der Waals surface area (Å²) in [4.78, 5) is 14.8. The second kappa shape index (κ2) is 6.04. The topological polar surface area (TPSA) is 32.3 Å². The maximum atomic E-state index is 12.7. The molecule has 3 aliphatic rings. The first kappa shape index (κ1) is 13.7. The predicted molar refractivity (Wildman–Crippen MR) is 80.4 cm³/mol. The molecular formula is C15H26N2OS. The first-order chi connectivity index (χ1) is 9.25. The van der Waals surface area contributed by atoms with E-state index in [-0.39, 0.29) is 6.04 Å². The van der Waals surface area contributed by atoms with Crippen LogP contribution in [0.3, 0.4) is 0 Å². The molecule has 4 atom stereocenters. The lowest BCUT2D eigenvalue weighted by Crippen LogP contribution is -2.58. The van der Waals surface area contributed by atoms with Crippen LogP contribution in [0.4, 0.5) is 0 Å². The van der Waals surface area contributed by atoms with E-state index in [4.69, 9.17) is 0 Å². The van der Waals surface area contributed by atoms with Crippen LogP contribution < -0.4 is 5.32 Å². The van der Waals surface area contributed by atoms with Crippen molar-refractivity contribution in [1.29, 1.82) is 0 Å². The third-order valence-corrected chi connectivity index (χ3v) is 6.29. The Labute approximate surface area is 120 Å². The monoisotopic (exact) mass is 282 g/mol. The molecule has 1 N–H and O–H groups in total. The molecule has 0 spiro atoms. The van der Waals surface area contributed by atoms with Gasteiger partial charge in [0.1, 0.15) is 0 Å². The van der Waals surface area contributed by atoms with Crippen LogP contribution in [0.5, 0.6) is 0 Å². The summed E-state index contributed by atoms with van der Waals surface area (Å²) >= 11 is 1.97. The second-order valence-electron chi connectivity index (χ2n) is 6.40. The molecule has 0 aromatic carbocycles. The molecule has 0 aromatic rings. The van der Waals surface area contributed by atoms with Crippen molar-refractivity contribution in [1.82, 2.24) is 10.2 Å². The summed E-state index contributed by atoms with van der Waals surface area (Å²) < 4.78 is 0. The standard InChI is InChI=1S/C15H26N2OS/c1-11-10-19-9-8-17(11)15(18)14-7-6-12-4-2-3-5-13(12)16-14/h11-14,16H,2-10H2,1H3. The van der Waals surface area contributed by atoms with Gasteiger partial charge in [-0.05, 0) is 38.5 Å². The zero-order chi connectivity index (χ0) is 13.2. The molecule has 4 unspecified atom stereocenters. The molecule has 1 aliphatic carbocycles. The van der Waals surface area contributed by atoms with Crippen molar-refractivity contribution in [2.45, 2.75) is 63.6 Å². The largest absolute Gasteiger partial charge is 0.337 e. The van der Waals surface area contributed by atoms with Gasteiger partial charge in [-0.15, -0.1) is 0 Å². The number of hydrogen-bond acceptors (Lipinski definition) is 3. The number of piperidine rings is 1. The average molecular weight is 282 g/mol. The SMILES string of the molecule is CC1CSCCN1C(=O)C1CCC2CCCCC2N1. The van der Waals surface area contributed by atoms with Crippen LogP contribution >= 0.6 is 11.8 Å². The molecule has 1 amide bonds. The number of carbonyl (C=O) groups excluding carboxylic acids is 1. The Balaban J connectivity index is 1.60. The van der Waals surface area contributed by atoms with E-state index in [1.807, 2.05) is 11.8 Å². The highest BCUT2D eigenvalue weighted by Gasteiger charge is 2.37. The molecule has 0 aromatic heterocycles. The summed E-state index contributed by atoms with van der Waals surface area (Å²) in [5.41, 5.74) is 0. The van der Waals surface area contributed by atoms with E-state index in [9.17, 15) is 4.79 Å². The maximum absolute atomic E-state index is 12.7. The minimum absolute atomic E-state index is 0.102. The van der Waals surface area contributed by atoms with Gasteiger partial charge in [0, 0.05) is 30.1 Å². The number of hydrogen-bond donors (Lipinski definition) is 1. The lowest BCUT2D eigenvalue weighted by molar-refractivity contribution is -0.136. The zero-order valence-electron chi connectivity index (χ0n) is 11.9. The number of thioether (sulfide) groups is 1. The Morgan fingerprint density at radius 3 is 2.89 bits per heavy atom.